The minimum absolute atomic E-state index is 0.0478. The van der Waals surface area contributed by atoms with Crippen LogP contribution in [-0.2, 0) is 20.7 Å². The van der Waals surface area contributed by atoms with E-state index < -0.39 is 18.1 Å². The second-order valence-corrected chi connectivity index (χ2v) is 7.90. The Balaban J connectivity index is 1.49. The molecule has 0 radical (unpaired) electrons. The van der Waals surface area contributed by atoms with E-state index in [4.69, 9.17) is 15.2 Å². The summed E-state index contributed by atoms with van der Waals surface area (Å²) in [4.78, 5) is 26.6. The Bertz CT molecular complexity index is 1080. The van der Waals surface area contributed by atoms with E-state index >= 15 is 0 Å². The first kappa shape index (κ1) is 21.4. The van der Waals surface area contributed by atoms with Crippen molar-refractivity contribution in [3.05, 3.63) is 89.5 Å². The summed E-state index contributed by atoms with van der Waals surface area (Å²) in [5, 5.41) is 0. The molecule has 0 spiro atoms. The van der Waals surface area contributed by atoms with Crippen LogP contribution in [0.1, 0.15) is 22.6 Å². The normalized spacial score (nSPS) is 13.1. The maximum atomic E-state index is 12.9. The molecule has 0 bridgehead atoms. The van der Waals surface area contributed by atoms with E-state index in [-0.39, 0.29) is 12.5 Å². The Hall–Kier alpha value is -3.80. The average molecular weight is 431 g/mol. The highest BCUT2D eigenvalue weighted by molar-refractivity contribution is 5.82. The molecular formula is C26H26N2O4. The first-order valence-corrected chi connectivity index (χ1v) is 10.5. The van der Waals surface area contributed by atoms with Crippen molar-refractivity contribution in [2.75, 3.05) is 26.5 Å². The fourth-order valence-electron chi connectivity index (χ4n) is 4.21. The highest BCUT2D eigenvalue weighted by atomic mass is 16.6. The van der Waals surface area contributed by atoms with Gasteiger partial charge in [0.15, 0.2) is 0 Å². The summed E-state index contributed by atoms with van der Waals surface area (Å²) in [5.74, 6) is -0.550. The van der Waals surface area contributed by atoms with E-state index in [1.165, 1.54) is 12.0 Å². The van der Waals surface area contributed by atoms with Gasteiger partial charge < -0.3 is 15.2 Å². The molecule has 0 unspecified atom stereocenters. The summed E-state index contributed by atoms with van der Waals surface area (Å²) in [6.45, 7) is 0.187. The molecule has 2 N–H and O–H groups in total. The monoisotopic (exact) mass is 430 g/mol. The van der Waals surface area contributed by atoms with Crippen LogP contribution in [-0.4, -0.2) is 43.8 Å². The predicted molar refractivity (Wildman–Crippen MR) is 123 cm³/mol. The molecule has 3 aromatic rings. The van der Waals surface area contributed by atoms with Crippen LogP contribution >= 0.6 is 0 Å². The number of methoxy groups -OCH3 is 1. The topological polar surface area (TPSA) is 81.9 Å². The van der Waals surface area contributed by atoms with Gasteiger partial charge in [-0.05, 0) is 39.9 Å². The number of fused-ring (bicyclic) bond motifs is 3. The lowest BCUT2D eigenvalue weighted by atomic mass is 9.98. The number of carbonyl (C=O) groups excluding carboxylic acids is 2. The van der Waals surface area contributed by atoms with Crippen LogP contribution < -0.4 is 5.73 Å². The summed E-state index contributed by atoms with van der Waals surface area (Å²) < 4.78 is 10.6. The fraction of sp³-hybridized carbons (Fsp3) is 0.231. The van der Waals surface area contributed by atoms with E-state index in [1.54, 1.807) is 19.2 Å². The number of nitrogen functional groups attached to an aromatic ring is 1. The largest absolute Gasteiger partial charge is 0.467 e. The van der Waals surface area contributed by atoms with E-state index in [0.717, 1.165) is 27.8 Å². The van der Waals surface area contributed by atoms with Crippen molar-refractivity contribution in [1.29, 1.82) is 0 Å². The number of benzene rings is 3. The Morgan fingerprint density at radius 3 is 2.06 bits per heavy atom. The third-order valence-corrected chi connectivity index (χ3v) is 5.97. The average Bonchev–Trinajstić information content (AvgIpc) is 3.15. The summed E-state index contributed by atoms with van der Waals surface area (Å²) in [6.07, 6.45) is -0.272. The second kappa shape index (κ2) is 9.14. The highest BCUT2D eigenvalue weighted by Gasteiger charge is 2.32. The Morgan fingerprint density at radius 2 is 1.50 bits per heavy atom. The molecule has 1 aliphatic rings. The third-order valence-electron chi connectivity index (χ3n) is 5.97. The molecule has 1 atom stereocenters. The van der Waals surface area contributed by atoms with Crippen LogP contribution in [0.5, 0.6) is 0 Å². The number of nitrogens with zero attached hydrogens (tertiary/aromatic N) is 1. The van der Waals surface area contributed by atoms with Crippen LogP contribution in [0.25, 0.3) is 11.1 Å². The van der Waals surface area contributed by atoms with Gasteiger partial charge in [-0.25, -0.2) is 9.59 Å². The van der Waals surface area contributed by atoms with Crippen molar-refractivity contribution in [2.45, 2.75) is 18.4 Å². The Labute approximate surface area is 187 Å². The molecule has 32 heavy (non-hydrogen) atoms. The van der Waals surface area contributed by atoms with Gasteiger partial charge in [-0.2, -0.15) is 0 Å². The van der Waals surface area contributed by atoms with Crippen LogP contribution in [0.2, 0.25) is 0 Å². The zero-order valence-corrected chi connectivity index (χ0v) is 18.2. The van der Waals surface area contributed by atoms with E-state index in [1.807, 2.05) is 36.4 Å². The predicted octanol–water partition coefficient (Wildman–Crippen LogP) is 4.23. The van der Waals surface area contributed by atoms with Gasteiger partial charge in [-0.15, -0.1) is 0 Å². The SMILES string of the molecule is COC(=O)[C@H](Cc1ccc(N)cc1)N(C)C(=O)OCC1c2ccccc2-c2ccccc21. The van der Waals surface area contributed by atoms with Crippen molar-refractivity contribution in [1.82, 2.24) is 4.90 Å². The molecule has 1 amide bonds. The zero-order valence-electron chi connectivity index (χ0n) is 18.2. The first-order valence-electron chi connectivity index (χ1n) is 10.5. The van der Waals surface area contributed by atoms with Gasteiger partial charge in [0.1, 0.15) is 12.6 Å². The smallest absolute Gasteiger partial charge is 0.410 e. The lowest BCUT2D eigenvalue weighted by Gasteiger charge is -2.26. The summed E-state index contributed by atoms with van der Waals surface area (Å²) in [5.41, 5.74) is 11.8. The van der Waals surface area contributed by atoms with Gasteiger partial charge >= 0.3 is 12.1 Å². The molecule has 0 fully saturated rings. The molecule has 0 aromatic heterocycles. The molecule has 0 saturated carbocycles. The van der Waals surface area contributed by atoms with Gasteiger partial charge in [0.05, 0.1) is 7.11 Å². The third kappa shape index (κ3) is 4.17. The number of carbonyl (C=O) groups is 2. The molecule has 6 nitrogen and oxygen atoms in total. The van der Waals surface area contributed by atoms with Gasteiger partial charge in [0.2, 0.25) is 0 Å². The van der Waals surface area contributed by atoms with Crippen LogP contribution in [0, 0.1) is 0 Å². The molecule has 0 aliphatic heterocycles. The van der Waals surface area contributed by atoms with Crippen molar-refractivity contribution >= 4 is 17.7 Å². The number of ether oxygens (including phenoxy) is 2. The molecule has 4 rings (SSSR count). The van der Waals surface area contributed by atoms with Crippen LogP contribution in [0.15, 0.2) is 72.8 Å². The molecule has 3 aromatic carbocycles. The zero-order chi connectivity index (χ0) is 22.7. The molecule has 0 heterocycles. The summed E-state index contributed by atoms with van der Waals surface area (Å²) >= 11 is 0. The number of esters is 1. The van der Waals surface area contributed by atoms with Gasteiger partial charge in [-0.3, -0.25) is 4.90 Å². The molecule has 0 saturated heterocycles. The number of hydrogen-bond donors (Lipinski definition) is 1. The van der Waals surface area contributed by atoms with Gasteiger partial charge in [-0.1, -0.05) is 60.7 Å². The quantitative estimate of drug-likeness (QED) is 0.467. The second-order valence-electron chi connectivity index (χ2n) is 7.90. The van der Waals surface area contributed by atoms with Crippen molar-refractivity contribution in [3.63, 3.8) is 0 Å². The number of anilines is 1. The number of likely N-dealkylation sites (N-methyl/N-ethyl adjacent to an activating group) is 1. The van der Waals surface area contributed by atoms with E-state index in [9.17, 15) is 9.59 Å². The van der Waals surface area contributed by atoms with Crippen molar-refractivity contribution in [2.24, 2.45) is 0 Å². The molecule has 1 aliphatic carbocycles. The minimum Gasteiger partial charge on any atom is -0.467 e. The number of rotatable bonds is 6. The maximum Gasteiger partial charge on any atom is 0.410 e. The lowest BCUT2D eigenvalue weighted by Crippen LogP contribution is -2.45. The van der Waals surface area contributed by atoms with E-state index in [0.29, 0.717) is 12.1 Å². The Morgan fingerprint density at radius 1 is 0.938 bits per heavy atom. The lowest BCUT2D eigenvalue weighted by molar-refractivity contribution is -0.145. The van der Waals surface area contributed by atoms with E-state index in [2.05, 4.69) is 24.3 Å². The van der Waals surface area contributed by atoms with Crippen molar-refractivity contribution in [3.8, 4) is 11.1 Å². The van der Waals surface area contributed by atoms with Gasteiger partial charge in [0.25, 0.3) is 0 Å². The Kier molecular flexibility index (Phi) is 6.12. The fourth-order valence-corrected chi connectivity index (χ4v) is 4.21. The number of amides is 1. The number of nitrogens with two attached hydrogens (primary N) is 1. The molecule has 6 heteroatoms. The summed E-state index contributed by atoms with van der Waals surface area (Å²) in [7, 11) is 2.86. The van der Waals surface area contributed by atoms with Crippen LogP contribution in [0.4, 0.5) is 10.5 Å². The molecule has 164 valence electrons. The number of hydrogen-bond acceptors (Lipinski definition) is 5. The van der Waals surface area contributed by atoms with Crippen molar-refractivity contribution < 1.29 is 19.1 Å². The van der Waals surface area contributed by atoms with Crippen LogP contribution in [0.3, 0.4) is 0 Å². The summed E-state index contributed by atoms with van der Waals surface area (Å²) in [6, 6.07) is 22.7. The highest BCUT2D eigenvalue weighted by Crippen LogP contribution is 2.44. The minimum atomic E-state index is -0.806. The first-order chi connectivity index (χ1) is 15.5. The van der Waals surface area contributed by atoms with Gasteiger partial charge in [0, 0.05) is 25.1 Å². The maximum absolute atomic E-state index is 12.9. The molecular weight excluding hydrogens is 404 g/mol. The standard InChI is InChI=1S/C26H26N2O4/c1-28(24(25(29)31-2)15-17-11-13-18(27)14-12-17)26(30)32-16-23-21-9-5-3-7-19(21)20-8-4-6-10-22(20)23/h3-14,23-24H,15-16,27H2,1-2H3/t24-/m0/s1.